The Kier molecular flexibility index (Phi) is 3.27. The van der Waals surface area contributed by atoms with Crippen molar-refractivity contribution in [3.05, 3.63) is 41.0 Å². The second-order valence-corrected chi connectivity index (χ2v) is 5.33. The van der Waals surface area contributed by atoms with Crippen LogP contribution in [-0.4, -0.2) is 20.2 Å². The number of aromatic nitrogens is 4. The van der Waals surface area contributed by atoms with Gasteiger partial charge in [0.2, 0.25) is 5.95 Å². The molecule has 2 heterocycles. The maximum Gasteiger partial charge on any atom is 0.223 e. The number of nitrogens with two attached hydrogens (primary N) is 1. The van der Waals surface area contributed by atoms with Gasteiger partial charge in [-0.3, -0.25) is 5.10 Å². The molecule has 0 spiro atoms. The zero-order valence-electron chi connectivity index (χ0n) is 9.80. The van der Waals surface area contributed by atoms with Crippen LogP contribution in [0.5, 0.6) is 0 Å². The molecule has 19 heavy (non-hydrogen) atoms. The minimum atomic E-state index is 0.246. The molecule has 96 valence electrons. The summed E-state index contributed by atoms with van der Waals surface area (Å²) >= 11 is 7.45. The van der Waals surface area contributed by atoms with Crippen LogP contribution in [0.1, 0.15) is 5.56 Å². The third-order valence-corrected chi connectivity index (χ3v) is 3.90. The normalized spacial score (nSPS) is 11.0. The molecule has 0 fully saturated rings. The quantitative estimate of drug-likeness (QED) is 0.573. The predicted molar refractivity (Wildman–Crippen MR) is 77.1 cm³/mol. The van der Waals surface area contributed by atoms with E-state index in [4.69, 9.17) is 17.3 Å². The first-order chi connectivity index (χ1) is 9.22. The topological polar surface area (TPSA) is 80.5 Å². The van der Waals surface area contributed by atoms with Crippen molar-refractivity contribution >= 4 is 40.3 Å². The Morgan fingerprint density at radius 1 is 1.21 bits per heavy atom. The maximum absolute atomic E-state index is 5.86. The lowest BCUT2D eigenvalue weighted by Gasteiger charge is -2.03. The Bertz CT molecular complexity index is 710. The number of fused-ring (bicyclic) bond motifs is 1. The van der Waals surface area contributed by atoms with Crippen molar-refractivity contribution < 1.29 is 0 Å². The van der Waals surface area contributed by atoms with Gasteiger partial charge in [0.1, 0.15) is 5.03 Å². The molecule has 3 aromatic rings. The van der Waals surface area contributed by atoms with Gasteiger partial charge < -0.3 is 5.73 Å². The largest absolute Gasteiger partial charge is 0.368 e. The van der Waals surface area contributed by atoms with E-state index in [9.17, 15) is 0 Å². The van der Waals surface area contributed by atoms with E-state index in [0.717, 1.165) is 21.2 Å². The lowest BCUT2D eigenvalue weighted by molar-refractivity contribution is 1.08. The van der Waals surface area contributed by atoms with E-state index in [-0.39, 0.29) is 5.95 Å². The van der Waals surface area contributed by atoms with Crippen molar-refractivity contribution in [2.24, 2.45) is 0 Å². The highest BCUT2D eigenvalue weighted by molar-refractivity contribution is 7.98. The van der Waals surface area contributed by atoms with E-state index in [1.807, 2.05) is 24.3 Å². The molecule has 0 saturated carbocycles. The van der Waals surface area contributed by atoms with Crippen LogP contribution in [0.4, 0.5) is 5.95 Å². The standard InChI is InChI=1S/C12H10ClN5S/c13-8-3-1-7(2-4-8)6-19-11-9-5-15-18-10(9)16-12(14)17-11/h1-5H,6H2,(H3,14,15,16,17,18). The van der Waals surface area contributed by atoms with Gasteiger partial charge in [0.25, 0.3) is 0 Å². The Morgan fingerprint density at radius 3 is 2.79 bits per heavy atom. The number of anilines is 1. The smallest absolute Gasteiger partial charge is 0.223 e. The molecule has 3 rings (SSSR count). The Balaban J connectivity index is 1.85. The van der Waals surface area contributed by atoms with E-state index in [0.29, 0.717) is 5.65 Å². The number of nitrogens with zero attached hydrogens (tertiary/aromatic N) is 3. The summed E-state index contributed by atoms with van der Waals surface area (Å²) in [5, 5.41) is 9.19. The van der Waals surface area contributed by atoms with Crippen LogP contribution < -0.4 is 5.73 Å². The molecule has 0 bridgehead atoms. The Labute approximate surface area is 118 Å². The molecule has 1 aromatic carbocycles. The molecule has 0 unspecified atom stereocenters. The monoisotopic (exact) mass is 291 g/mol. The Morgan fingerprint density at radius 2 is 2.00 bits per heavy atom. The number of benzene rings is 1. The van der Waals surface area contributed by atoms with Gasteiger partial charge in [0, 0.05) is 10.8 Å². The van der Waals surface area contributed by atoms with Gasteiger partial charge in [-0.15, -0.1) is 11.8 Å². The average molecular weight is 292 g/mol. The first kappa shape index (κ1) is 12.3. The number of aromatic amines is 1. The van der Waals surface area contributed by atoms with Crippen LogP contribution in [0.15, 0.2) is 35.5 Å². The van der Waals surface area contributed by atoms with Gasteiger partial charge in [0.05, 0.1) is 11.6 Å². The average Bonchev–Trinajstić information content (AvgIpc) is 2.85. The number of nitrogens with one attached hydrogen (secondary N) is 1. The van der Waals surface area contributed by atoms with Crippen LogP contribution in [0.25, 0.3) is 11.0 Å². The summed E-state index contributed by atoms with van der Waals surface area (Å²) in [6, 6.07) is 7.73. The highest BCUT2D eigenvalue weighted by Gasteiger charge is 2.08. The van der Waals surface area contributed by atoms with Crippen molar-refractivity contribution in [1.82, 2.24) is 20.2 Å². The fourth-order valence-electron chi connectivity index (χ4n) is 1.67. The molecule has 2 aromatic heterocycles. The van der Waals surface area contributed by atoms with E-state index in [2.05, 4.69) is 20.2 Å². The van der Waals surface area contributed by atoms with E-state index in [1.165, 1.54) is 5.56 Å². The molecule has 0 aliphatic carbocycles. The number of H-pyrrole nitrogens is 1. The number of hydrogen-bond donors (Lipinski definition) is 2. The molecular weight excluding hydrogens is 282 g/mol. The second kappa shape index (κ2) is 5.07. The molecule has 0 aliphatic rings. The lowest BCUT2D eigenvalue weighted by Crippen LogP contribution is -1.96. The van der Waals surface area contributed by atoms with Crippen molar-refractivity contribution in [3.63, 3.8) is 0 Å². The van der Waals surface area contributed by atoms with E-state index >= 15 is 0 Å². The summed E-state index contributed by atoms with van der Waals surface area (Å²) in [6.45, 7) is 0. The van der Waals surface area contributed by atoms with Crippen LogP contribution in [0.2, 0.25) is 5.02 Å². The predicted octanol–water partition coefficient (Wildman–Crippen LogP) is 2.88. The zero-order chi connectivity index (χ0) is 13.2. The number of nitrogen functional groups attached to an aromatic ring is 1. The van der Waals surface area contributed by atoms with Crippen LogP contribution in [0.3, 0.4) is 0 Å². The van der Waals surface area contributed by atoms with Crippen molar-refractivity contribution in [2.45, 2.75) is 10.8 Å². The van der Waals surface area contributed by atoms with Crippen LogP contribution >= 0.6 is 23.4 Å². The molecule has 0 atom stereocenters. The molecule has 0 aliphatic heterocycles. The van der Waals surface area contributed by atoms with Gasteiger partial charge in [0.15, 0.2) is 5.65 Å². The fraction of sp³-hybridized carbons (Fsp3) is 0.0833. The Hall–Kier alpha value is -1.79. The maximum atomic E-state index is 5.86. The summed E-state index contributed by atoms with van der Waals surface area (Å²) in [5.41, 5.74) is 7.50. The first-order valence-corrected chi connectivity index (χ1v) is 6.92. The third-order valence-electron chi connectivity index (χ3n) is 2.58. The molecular formula is C12H10ClN5S. The summed E-state index contributed by atoms with van der Waals surface area (Å²) in [4.78, 5) is 8.33. The fourth-order valence-corrected chi connectivity index (χ4v) is 2.75. The SMILES string of the molecule is Nc1nc(SCc2ccc(Cl)cc2)c2cn[nH]c2n1. The number of rotatable bonds is 3. The minimum absolute atomic E-state index is 0.246. The second-order valence-electron chi connectivity index (χ2n) is 3.93. The van der Waals surface area contributed by atoms with Gasteiger partial charge in [-0.25, -0.2) is 4.98 Å². The van der Waals surface area contributed by atoms with Crippen molar-refractivity contribution in [3.8, 4) is 0 Å². The van der Waals surface area contributed by atoms with Crippen molar-refractivity contribution in [2.75, 3.05) is 5.73 Å². The number of hydrogen-bond acceptors (Lipinski definition) is 5. The van der Waals surface area contributed by atoms with Gasteiger partial charge in [-0.1, -0.05) is 23.7 Å². The third kappa shape index (κ3) is 2.64. The summed E-state index contributed by atoms with van der Waals surface area (Å²) in [6.07, 6.45) is 1.71. The molecule has 7 heteroatoms. The molecule has 5 nitrogen and oxygen atoms in total. The number of thioether (sulfide) groups is 1. The molecule has 3 N–H and O–H groups in total. The molecule has 0 saturated heterocycles. The van der Waals surface area contributed by atoms with E-state index in [1.54, 1.807) is 18.0 Å². The molecule has 0 radical (unpaired) electrons. The van der Waals surface area contributed by atoms with E-state index < -0.39 is 0 Å². The van der Waals surface area contributed by atoms with Gasteiger partial charge in [-0.2, -0.15) is 10.1 Å². The summed E-state index contributed by atoms with van der Waals surface area (Å²) < 4.78 is 0. The first-order valence-electron chi connectivity index (χ1n) is 5.56. The summed E-state index contributed by atoms with van der Waals surface area (Å²) in [7, 11) is 0. The molecule has 0 amide bonds. The minimum Gasteiger partial charge on any atom is -0.368 e. The zero-order valence-corrected chi connectivity index (χ0v) is 11.4. The highest BCUT2D eigenvalue weighted by atomic mass is 35.5. The number of halogens is 1. The highest BCUT2D eigenvalue weighted by Crippen LogP contribution is 2.27. The van der Waals surface area contributed by atoms with Crippen LogP contribution in [-0.2, 0) is 5.75 Å². The summed E-state index contributed by atoms with van der Waals surface area (Å²) in [5.74, 6) is 1.03. The lowest BCUT2D eigenvalue weighted by atomic mass is 10.2. The van der Waals surface area contributed by atoms with Crippen molar-refractivity contribution in [1.29, 1.82) is 0 Å². The van der Waals surface area contributed by atoms with Gasteiger partial charge in [-0.05, 0) is 17.7 Å². The van der Waals surface area contributed by atoms with Crippen LogP contribution in [0, 0.1) is 0 Å². The van der Waals surface area contributed by atoms with Gasteiger partial charge >= 0.3 is 0 Å².